The van der Waals surface area contributed by atoms with Crippen LogP contribution in [0.15, 0.2) is 29.3 Å². The number of aryl methyl sites for hydroxylation is 2. The van der Waals surface area contributed by atoms with Gasteiger partial charge >= 0.3 is 0 Å². The van der Waals surface area contributed by atoms with Gasteiger partial charge in [-0.1, -0.05) is 0 Å². The molecule has 5 nitrogen and oxygen atoms in total. The minimum atomic E-state index is -3.61. The Hall–Kier alpha value is -1.44. The summed E-state index contributed by atoms with van der Waals surface area (Å²) in [5.41, 5.74) is 0.810. The Morgan fingerprint density at radius 3 is 2.52 bits per heavy atom. The van der Waals surface area contributed by atoms with Gasteiger partial charge in [0.05, 0.1) is 17.0 Å². The zero-order chi connectivity index (χ0) is 18.2. The number of rotatable bonds is 7. The van der Waals surface area contributed by atoms with Crippen LogP contribution in [0.5, 0.6) is 5.75 Å². The van der Waals surface area contributed by atoms with Crippen molar-refractivity contribution in [2.24, 2.45) is 5.92 Å². The average molecular weight is 381 g/mol. The molecule has 0 spiro atoms. The summed E-state index contributed by atoms with van der Waals surface area (Å²) in [4.78, 5) is 5.74. The standard InChI is InChI=1S/C18H24N2O3S2/c1-11(2)23-16-8-7-15(9-12(16)3)25(21,22)20-17(14-5-6-14)18-19-10-13(4)24-18/h7-11,14,17,20H,5-6H2,1-4H3. The predicted octanol–water partition coefficient (Wildman–Crippen LogP) is 3.98. The molecule has 1 aliphatic rings. The Morgan fingerprint density at radius 2 is 2.00 bits per heavy atom. The fourth-order valence-electron chi connectivity index (χ4n) is 2.70. The van der Waals surface area contributed by atoms with Crippen LogP contribution in [0.3, 0.4) is 0 Å². The summed E-state index contributed by atoms with van der Waals surface area (Å²) < 4.78 is 34.3. The lowest BCUT2D eigenvalue weighted by Gasteiger charge is -2.17. The van der Waals surface area contributed by atoms with Crippen molar-refractivity contribution in [2.45, 2.75) is 57.6 Å². The number of ether oxygens (including phenoxy) is 1. The van der Waals surface area contributed by atoms with Crippen LogP contribution < -0.4 is 9.46 Å². The number of benzene rings is 1. The molecule has 1 saturated carbocycles. The van der Waals surface area contributed by atoms with Crippen LogP contribution >= 0.6 is 11.3 Å². The van der Waals surface area contributed by atoms with E-state index in [4.69, 9.17) is 4.74 Å². The van der Waals surface area contributed by atoms with E-state index in [1.807, 2.05) is 27.7 Å². The van der Waals surface area contributed by atoms with Gasteiger partial charge < -0.3 is 4.74 Å². The van der Waals surface area contributed by atoms with Crippen LogP contribution in [0.2, 0.25) is 0 Å². The molecular weight excluding hydrogens is 356 g/mol. The van der Waals surface area contributed by atoms with Crippen LogP contribution in [0.25, 0.3) is 0 Å². The Balaban J connectivity index is 1.84. The largest absolute Gasteiger partial charge is 0.491 e. The summed E-state index contributed by atoms with van der Waals surface area (Å²) in [7, 11) is -3.61. The molecular formula is C18H24N2O3S2. The Morgan fingerprint density at radius 1 is 1.28 bits per heavy atom. The van der Waals surface area contributed by atoms with E-state index in [0.29, 0.717) is 11.7 Å². The van der Waals surface area contributed by atoms with E-state index >= 15 is 0 Å². The van der Waals surface area contributed by atoms with E-state index in [-0.39, 0.29) is 17.0 Å². The molecule has 1 heterocycles. The Labute approximate surface area is 153 Å². The lowest BCUT2D eigenvalue weighted by molar-refractivity contribution is 0.240. The minimum absolute atomic E-state index is 0.0478. The summed E-state index contributed by atoms with van der Waals surface area (Å²) in [6.07, 6.45) is 3.91. The number of thiazole rings is 1. The van der Waals surface area contributed by atoms with Gasteiger partial charge in [0.15, 0.2) is 0 Å². The van der Waals surface area contributed by atoms with Crippen molar-refractivity contribution < 1.29 is 13.2 Å². The molecule has 0 radical (unpaired) electrons. The van der Waals surface area contributed by atoms with Crippen LogP contribution in [0.1, 0.15) is 48.2 Å². The first-order valence-corrected chi connectivity index (χ1v) is 10.8. The molecule has 1 fully saturated rings. The van der Waals surface area contributed by atoms with Crippen molar-refractivity contribution in [1.29, 1.82) is 0 Å². The molecule has 1 aromatic heterocycles. The molecule has 136 valence electrons. The van der Waals surface area contributed by atoms with E-state index in [1.165, 1.54) is 0 Å². The lowest BCUT2D eigenvalue weighted by atomic mass is 10.2. The second-order valence-electron chi connectivity index (χ2n) is 6.84. The van der Waals surface area contributed by atoms with Crippen LogP contribution in [0, 0.1) is 19.8 Å². The van der Waals surface area contributed by atoms with Gasteiger partial charge in [-0.3, -0.25) is 0 Å². The third kappa shape index (κ3) is 4.40. The van der Waals surface area contributed by atoms with E-state index in [0.717, 1.165) is 28.3 Å². The molecule has 1 atom stereocenters. The van der Waals surface area contributed by atoms with E-state index in [9.17, 15) is 8.42 Å². The number of sulfonamides is 1. The number of hydrogen-bond donors (Lipinski definition) is 1. The molecule has 0 amide bonds. The first kappa shape index (κ1) is 18.4. The van der Waals surface area contributed by atoms with Gasteiger partial charge in [-0.2, -0.15) is 0 Å². The number of aromatic nitrogens is 1. The first-order chi connectivity index (χ1) is 11.8. The van der Waals surface area contributed by atoms with Crippen molar-refractivity contribution in [1.82, 2.24) is 9.71 Å². The van der Waals surface area contributed by atoms with Gasteiger partial charge in [-0.15, -0.1) is 11.3 Å². The number of hydrogen-bond acceptors (Lipinski definition) is 5. The summed E-state index contributed by atoms with van der Waals surface area (Å²) in [5, 5.41) is 0.847. The summed E-state index contributed by atoms with van der Waals surface area (Å²) in [6.45, 7) is 7.74. The molecule has 0 bridgehead atoms. The van der Waals surface area contributed by atoms with Gasteiger partial charge in [0.25, 0.3) is 0 Å². The second-order valence-corrected chi connectivity index (χ2v) is 9.82. The van der Waals surface area contributed by atoms with Gasteiger partial charge in [0.1, 0.15) is 10.8 Å². The zero-order valence-corrected chi connectivity index (χ0v) is 16.6. The Kier molecular flexibility index (Phi) is 5.18. The maximum absolute atomic E-state index is 12.9. The molecule has 1 unspecified atom stereocenters. The molecule has 3 rings (SSSR count). The maximum Gasteiger partial charge on any atom is 0.241 e. The van der Waals surface area contributed by atoms with Crippen molar-refractivity contribution >= 4 is 21.4 Å². The van der Waals surface area contributed by atoms with E-state index < -0.39 is 10.0 Å². The first-order valence-electron chi connectivity index (χ1n) is 8.48. The third-order valence-corrected chi connectivity index (χ3v) is 6.53. The highest BCUT2D eigenvalue weighted by atomic mass is 32.2. The monoisotopic (exact) mass is 380 g/mol. The molecule has 25 heavy (non-hydrogen) atoms. The highest BCUT2D eigenvalue weighted by Gasteiger charge is 2.37. The highest BCUT2D eigenvalue weighted by molar-refractivity contribution is 7.89. The minimum Gasteiger partial charge on any atom is -0.491 e. The third-order valence-electron chi connectivity index (χ3n) is 4.10. The van der Waals surface area contributed by atoms with Crippen molar-refractivity contribution in [2.75, 3.05) is 0 Å². The molecule has 0 aliphatic heterocycles. The van der Waals surface area contributed by atoms with Gasteiger partial charge in [0, 0.05) is 11.1 Å². The van der Waals surface area contributed by atoms with Crippen LogP contribution in [-0.2, 0) is 10.0 Å². The summed E-state index contributed by atoms with van der Waals surface area (Å²) >= 11 is 1.55. The summed E-state index contributed by atoms with van der Waals surface area (Å²) in [5.74, 6) is 1.05. The van der Waals surface area contributed by atoms with Crippen molar-refractivity contribution in [3.05, 3.63) is 39.8 Å². The number of nitrogens with one attached hydrogen (secondary N) is 1. The predicted molar refractivity (Wildman–Crippen MR) is 99.6 cm³/mol. The second kappa shape index (κ2) is 7.05. The summed E-state index contributed by atoms with van der Waals surface area (Å²) in [6, 6.07) is 4.75. The normalized spacial score (nSPS) is 16.2. The molecule has 1 N–H and O–H groups in total. The molecule has 2 aromatic rings. The van der Waals surface area contributed by atoms with E-state index in [2.05, 4.69) is 9.71 Å². The van der Waals surface area contributed by atoms with Crippen molar-refractivity contribution in [3.63, 3.8) is 0 Å². The molecule has 0 saturated heterocycles. The fourth-order valence-corrected chi connectivity index (χ4v) is 5.05. The smallest absolute Gasteiger partial charge is 0.241 e. The molecule has 1 aliphatic carbocycles. The van der Waals surface area contributed by atoms with Crippen molar-refractivity contribution in [3.8, 4) is 5.75 Å². The average Bonchev–Trinajstić information content (AvgIpc) is 3.28. The van der Waals surface area contributed by atoms with Gasteiger partial charge in [-0.25, -0.2) is 18.1 Å². The highest BCUT2D eigenvalue weighted by Crippen LogP contribution is 2.42. The molecule has 1 aromatic carbocycles. The Bertz CT molecular complexity index is 855. The number of nitrogens with zero attached hydrogens (tertiary/aromatic N) is 1. The fraction of sp³-hybridized carbons (Fsp3) is 0.500. The van der Waals surface area contributed by atoms with Gasteiger partial charge in [0.2, 0.25) is 10.0 Å². The lowest BCUT2D eigenvalue weighted by Crippen LogP contribution is -2.30. The maximum atomic E-state index is 12.9. The topological polar surface area (TPSA) is 68.3 Å². The van der Waals surface area contributed by atoms with Gasteiger partial charge in [-0.05, 0) is 70.2 Å². The SMILES string of the molecule is Cc1cnc(C(NS(=O)(=O)c2ccc(OC(C)C)c(C)c2)C2CC2)s1. The van der Waals surface area contributed by atoms with E-state index in [1.54, 1.807) is 35.7 Å². The quantitative estimate of drug-likeness (QED) is 0.789. The van der Waals surface area contributed by atoms with Crippen LogP contribution in [0.4, 0.5) is 0 Å². The van der Waals surface area contributed by atoms with Crippen LogP contribution in [-0.4, -0.2) is 19.5 Å². The zero-order valence-electron chi connectivity index (χ0n) is 14.9. The molecule has 7 heteroatoms.